The molecule has 3 heterocycles. The Morgan fingerprint density at radius 3 is 2.55 bits per heavy atom. The number of nitrogens with zero attached hydrogens (tertiary/aromatic N) is 2. The number of hydrogen-bond donors (Lipinski definition) is 2. The van der Waals surface area contributed by atoms with Crippen LogP contribution in [0.5, 0.6) is 17.4 Å². The van der Waals surface area contributed by atoms with Gasteiger partial charge in [0.1, 0.15) is 5.75 Å². The van der Waals surface area contributed by atoms with Crippen molar-refractivity contribution in [3.8, 4) is 17.4 Å². The monoisotopic (exact) mass is 431 g/mol. The molecule has 0 unspecified atom stereocenters. The van der Waals surface area contributed by atoms with Gasteiger partial charge in [-0.25, -0.2) is 19.2 Å². The van der Waals surface area contributed by atoms with Gasteiger partial charge in [-0.3, -0.25) is 10.0 Å². The minimum absolute atomic E-state index is 0.0932. The first-order valence-electron chi connectivity index (χ1n) is 9.48. The Hall–Kier alpha value is -3.37. The largest absolute Gasteiger partial charge is 0.481 e. The Labute approximate surface area is 175 Å². The first kappa shape index (κ1) is 20.9. The molecule has 31 heavy (non-hydrogen) atoms. The van der Waals surface area contributed by atoms with E-state index in [0.717, 1.165) is 12.1 Å². The Morgan fingerprint density at radius 2 is 1.90 bits per heavy atom. The number of amides is 1. The van der Waals surface area contributed by atoms with Gasteiger partial charge in [0.2, 0.25) is 5.88 Å². The van der Waals surface area contributed by atoms with Crippen LogP contribution >= 0.6 is 0 Å². The fraction of sp³-hybridized carbons (Fsp3) is 0.286. The second kappa shape index (κ2) is 8.40. The molecule has 2 N–H and O–H groups in total. The van der Waals surface area contributed by atoms with Crippen molar-refractivity contribution in [1.29, 1.82) is 0 Å². The van der Waals surface area contributed by atoms with Crippen LogP contribution in [0.4, 0.5) is 8.78 Å². The molecule has 0 radical (unpaired) electrons. The van der Waals surface area contributed by atoms with Crippen molar-refractivity contribution in [2.45, 2.75) is 18.3 Å². The van der Waals surface area contributed by atoms with Crippen molar-refractivity contribution in [3.63, 3.8) is 0 Å². The van der Waals surface area contributed by atoms with Crippen LogP contribution in [-0.4, -0.2) is 41.4 Å². The SMILES string of the molecule is COc1ccc2c(Oc3c(F)cc(C4(C(=O)NO)CCOCC4)cc3F)ccnc2n1. The lowest BCUT2D eigenvalue weighted by Crippen LogP contribution is -2.47. The number of hydroxylamine groups is 1. The summed E-state index contributed by atoms with van der Waals surface area (Å²) in [6.07, 6.45) is 1.73. The summed E-state index contributed by atoms with van der Waals surface area (Å²) in [6.45, 7) is 0.433. The maximum atomic E-state index is 15.0. The van der Waals surface area contributed by atoms with Gasteiger partial charge in [0.15, 0.2) is 23.0 Å². The van der Waals surface area contributed by atoms with E-state index in [9.17, 15) is 13.6 Å². The third-order valence-corrected chi connectivity index (χ3v) is 5.39. The summed E-state index contributed by atoms with van der Waals surface area (Å²) in [5, 5.41) is 9.60. The van der Waals surface area contributed by atoms with Crippen molar-refractivity contribution >= 4 is 16.9 Å². The third-order valence-electron chi connectivity index (χ3n) is 5.39. The lowest BCUT2D eigenvalue weighted by molar-refractivity contribution is -0.139. The summed E-state index contributed by atoms with van der Waals surface area (Å²) >= 11 is 0. The van der Waals surface area contributed by atoms with Gasteiger partial charge in [-0.15, -0.1) is 0 Å². The molecule has 3 aromatic rings. The Bertz CT molecular complexity index is 1110. The summed E-state index contributed by atoms with van der Waals surface area (Å²) in [5.74, 6) is -2.86. The van der Waals surface area contributed by atoms with Crippen molar-refractivity contribution in [2.24, 2.45) is 0 Å². The van der Waals surface area contributed by atoms with Crippen molar-refractivity contribution < 1.29 is 33.0 Å². The van der Waals surface area contributed by atoms with Crippen LogP contribution in [0, 0.1) is 11.6 Å². The van der Waals surface area contributed by atoms with E-state index >= 15 is 0 Å². The molecule has 1 saturated heterocycles. The number of halogens is 2. The van der Waals surface area contributed by atoms with Crippen molar-refractivity contribution in [1.82, 2.24) is 15.4 Å². The first-order chi connectivity index (χ1) is 15.0. The molecule has 162 valence electrons. The van der Waals surface area contributed by atoms with E-state index < -0.39 is 28.7 Å². The van der Waals surface area contributed by atoms with E-state index in [1.807, 2.05) is 0 Å². The van der Waals surface area contributed by atoms with Crippen LogP contribution in [0.2, 0.25) is 0 Å². The number of nitrogens with one attached hydrogen (secondary N) is 1. The molecule has 10 heteroatoms. The Balaban J connectivity index is 1.73. The smallest absolute Gasteiger partial charge is 0.254 e. The molecule has 4 rings (SSSR count). The number of methoxy groups -OCH3 is 1. The molecule has 1 aliphatic heterocycles. The van der Waals surface area contributed by atoms with Crippen molar-refractivity contribution in [2.75, 3.05) is 20.3 Å². The molecule has 0 atom stereocenters. The number of hydrogen-bond acceptors (Lipinski definition) is 7. The molecule has 1 aromatic carbocycles. The summed E-state index contributed by atoms with van der Waals surface area (Å²) in [4.78, 5) is 20.7. The highest BCUT2D eigenvalue weighted by atomic mass is 19.1. The average Bonchev–Trinajstić information content (AvgIpc) is 2.80. The predicted molar refractivity (Wildman–Crippen MR) is 104 cm³/mol. The molecular formula is C21H19F2N3O5. The first-order valence-corrected chi connectivity index (χ1v) is 9.48. The molecule has 0 aliphatic carbocycles. The molecule has 0 spiro atoms. The average molecular weight is 431 g/mol. The van der Waals surface area contributed by atoms with E-state index in [-0.39, 0.29) is 43.0 Å². The van der Waals surface area contributed by atoms with Crippen molar-refractivity contribution in [3.05, 3.63) is 53.7 Å². The molecule has 8 nitrogen and oxygen atoms in total. The minimum atomic E-state index is -1.31. The summed E-state index contributed by atoms with van der Waals surface area (Å²) in [7, 11) is 1.46. The Kier molecular flexibility index (Phi) is 5.66. The number of ether oxygens (including phenoxy) is 3. The fourth-order valence-electron chi connectivity index (χ4n) is 3.71. The van der Waals surface area contributed by atoms with Gasteiger partial charge in [-0.2, -0.15) is 4.98 Å². The van der Waals surface area contributed by atoms with Crippen LogP contribution in [0.25, 0.3) is 11.0 Å². The summed E-state index contributed by atoms with van der Waals surface area (Å²) < 4.78 is 45.8. The maximum absolute atomic E-state index is 15.0. The normalized spacial score (nSPS) is 15.5. The fourth-order valence-corrected chi connectivity index (χ4v) is 3.71. The topological polar surface area (TPSA) is 103 Å². The van der Waals surface area contributed by atoms with Gasteiger partial charge in [0, 0.05) is 25.5 Å². The quantitative estimate of drug-likeness (QED) is 0.472. The van der Waals surface area contributed by atoms with Gasteiger partial charge < -0.3 is 14.2 Å². The van der Waals surface area contributed by atoms with E-state index in [0.29, 0.717) is 11.3 Å². The standard InChI is InChI=1S/C21H19F2N3O5/c1-29-17-3-2-13-16(4-7-24-19(13)25-17)31-18-14(22)10-12(11-15(18)23)21(20(27)26-28)5-8-30-9-6-21/h2-4,7,10-11,28H,5-6,8-9H2,1H3,(H,26,27). The number of benzene rings is 1. The number of fused-ring (bicyclic) bond motifs is 1. The summed E-state index contributed by atoms with van der Waals surface area (Å²) in [6, 6.07) is 6.75. The predicted octanol–water partition coefficient (Wildman–Crippen LogP) is 3.26. The van der Waals surface area contributed by atoms with Crippen LogP contribution < -0.4 is 15.0 Å². The van der Waals surface area contributed by atoms with Gasteiger partial charge in [-0.1, -0.05) is 0 Å². The maximum Gasteiger partial charge on any atom is 0.254 e. The zero-order valence-electron chi connectivity index (χ0n) is 16.5. The third kappa shape index (κ3) is 3.75. The molecule has 1 aliphatic rings. The number of aromatic nitrogens is 2. The molecule has 1 fully saturated rings. The zero-order valence-corrected chi connectivity index (χ0v) is 16.5. The molecule has 0 saturated carbocycles. The highest BCUT2D eigenvalue weighted by Crippen LogP contribution is 2.39. The van der Waals surface area contributed by atoms with Gasteiger partial charge >= 0.3 is 0 Å². The lowest BCUT2D eigenvalue weighted by atomic mass is 9.73. The molecule has 0 bridgehead atoms. The number of rotatable bonds is 5. The van der Waals surface area contributed by atoms with Crippen LogP contribution in [0.1, 0.15) is 18.4 Å². The van der Waals surface area contributed by atoms with E-state index in [1.54, 1.807) is 17.6 Å². The second-order valence-corrected chi connectivity index (χ2v) is 7.04. The molecule has 2 aromatic heterocycles. The van der Waals surface area contributed by atoms with Crippen LogP contribution in [0.3, 0.4) is 0 Å². The van der Waals surface area contributed by atoms with E-state index in [4.69, 9.17) is 19.4 Å². The highest BCUT2D eigenvalue weighted by molar-refractivity contribution is 5.87. The molecule has 1 amide bonds. The van der Waals surface area contributed by atoms with Gasteiger partial charge in [0.05, 0.1) is 17.9 Å². The van der Waals surface area contributed by atoms with Crippen LogP contribution in [0.15, 0.2) is 36.5 Å². The molecular weight excluding hydrogens is 412 g/mol. The lowest BCUT2D eigenvalue weighted by Gasteiger charge is -2.35. The zero-order chi connectivity index (χ0) is 22.0. The minimum Gasteiger partial charge on any atom is -0.481 e. The van der Waals surface area contributed by atoms with E-state index in [1.165, 1.54) is 19.4 Å². The Morgan fingerprint density at radius 1 is 1.19 bits per heavy atom. The number of carbonyl (C=O) groups is 1. The van der Waals surface area contributed by atoms with Crippen LogP contribution in [-0.2, 0) is 14.9 Å². The van der Waals surface area contributed by atoms with Gasteiger partial charge in [0.25, 0.3) is 5.91 Å². The summed E-state index contributed by atoms with van der Waals surface area (Å²) in [5.41, 5.74) is 0.674. The number of pyridine rings is 2. The highest BCUT2D eigenvalue weighted by Gasteiger charge is 2.42. The van der Waals surface area contributed by atoms with E-state index in [2.05, 4.69) is 9.97 Å². The van der Waals surface area contributed by atoms with Gasteiger partial charge in [-0.05, 0) is 42.7 Å². The number of carbonyl (C=O) groups excluding carboxylic acids is 1. The second-order valence-electron chi connectivity index (χ2n) is 7.04.